The SMILES string of the molecule is C=CCC(N)=O.NN. The van der Waals surface area contributed by atoms with Crippen molar-refractivity contribution in [3.8, 4) is 0 Å². The van der Waals surface area contributed by atoms with E-state index >= 15 is 0 Å². The van der Waals surface area contributed by atoms with Crippen molar-refractivity contribution in [2.45, 2.75) is 6.42 Å². The summed E-state index contributed by atoms with van der Waals surface area (Å²) in [5.74, 6) is 7.67. The molecular formula is C4H11N3O. The Labute approximate surface area is 48.3 Å². The van der Waals surface area contributed by atoms with Crippen LogP contribution in [0.2, 0.25) is 0 Å². The van der Waals surface area contributed by atoms with Crippen molar-refractivity contribution in [1.82, 2.24) is 0 Å². The molecule has 4 nitrogen and oxygen atoms in total. The van der Waals surface area contributed by atoms with Gasteiger partial charge in [0.2, 0.25) is 5.91 Å². The second-order valence-corrected chi connectivity index (χ2v) is 0.959. The summed E-state index contributed by atoms with van der Waals surface area (Å²) in [6.45, 7) is 3.30. The maximum atomic E-state index is 9.75. The van der Waals surface area contributed by atoms with Crippen LogP contribution in [0.25, 0.3) is 0 Å². The Morgan fingerprint density at radius 1 is 1.62 bits per heavy atom. The van der Waals surface area contributed by atoms with Crippen LogP contribution >= 0.6 is 0 Å². The number of nitrogens with two attached hydrogens (primary N) is 3. The largest absolute Gasteiger partial charge is 0.369 e. The van der Waals surface area contributed by atoms with Crippen molar-refractivity contribution < 1.29 is 4.79 Å². The molecule has 0 aliphatic carbocycles. The molecule has 0 saturated heterocycles. The average Bonchev–Trinajstić information content (AvgIpc) is 1.72. The zero-order valence-electron chi connectivity index (χ0n) is 4.63. The Hall–Kier alpha value is -0.870. The van der Waals surface area contributed by atoms with E-state index in [-0.39, 0.29) is 12.3 Å². The van der Waals surface area contributed by atoms with E-state index in [2.05, 4.69) is 18.3 Å². The van der Waals surface area contributed by atoms with Gasteiger partial charge in [-0.05, 0) is 0 Å². The summed E-state index contributed by atoms with van der Waals surface area (Å²) >= 11 is 0. The van der Waals surface area contributed by atoms with E-state index in [1.54, 1.807) is 0 Å². The number of carbonyl (C=O) groups is 1. The second kappa shape index (κ2) is 9.46. The Balaban J connectivity index is 0. The zero-order valence-corrected chi connectivity index (χ0v) is 4.63. The summed E-state index contributed by atoms with van der Waals surface area (Å²) in [5.41, 5.74) is 4.69. The topological polar surface area (TPSA) is 95.1 Å². The lowest BCUT2D eigenvalue weighted by molar-refractivity contribution is -0.117. The van der Waals surface area contributed by atoms with E-state index in [1.165, 1.54) is 6.08 Å². The summed E-state index contributed by atoms with van der Waals surface area (Å²) in [7, 11) is 0. The van der Waals surface area contributed by atoms with Crippen molar-refractivity contribution in [2.24, 2.45) is 17.4 Å². The number of hydrazine groups is 1. The van der Waals surface area contributed by atoms with Crippen LogP contribution in [0.5, 0.6) is 0 Å². The predicted molar refractivity (Wildman–Crippen MR) is 32.4 cm³/mol. The lowest BCUT2D eigenvalue weighted by Crippen LogP contribution is -2.07. The molecule has 8 heavy (non-hydrogen) atoms. The van der Waals surface area contributed by atoms with Gasteiger partial charge in [0, 0.05) is 6.42 Å². The maximum absolute atomic E-state index is 9.75. The molecule has 0 aromatic rings. The number of primary amides is 1. The molecule has 0 heterocycles. The molecule has 0 rings (SSSR count). The van der Waals surface area contributed by atoms with Gasteiger partial charge in [0.05, 0.1) is 0 Å². The molecule has 6 N–H and O–H groups in total. The highest BCUT2D eigenvalue weighted by molar-refractivity contribution is 5.75. The molecule has 4 heteroatoms. The van der Waals surface area contributed by atoms with Crippen LogP contribution in [-0.4, -0.2) is 5.91 Å². The summed E-state index contributed by atoms with van der Waals surface area (Å²) in [4.78, 5) is 9.75. The van der Waals surface area contributed by atoms with E-state index in [4.69, 9.17) is 5.73 Å². The third-order valence-electron chi connectivity index (χ3n) is 0.346. The Morgan fingerprint density at radius 2 is 2.00 bits per heavy atom. The summed E-state index contributed by atoms with van der Waals surface area (Å²) < 4.78 is 0. The second-order valence-electron chi connectivity index (χ2n) is 0.959. The van der Waals surface area contributed by atoms with Crippen LogP contribution in [0, 0.1) is 0 Å². The number of carbonyl (C=O) groups excluding carboxylic acids is 1. The normalized spacial score (nSPS) is 6.25. The molecule has 0 saturated carbocycles. The third-order valence-corrected chi connectivity index (χ3v) is 0.346. The molecule has 0 aliphatic rings. The van der Waals surface area contributed by atoms with Gasteiger partial charge in [0.15, 0.2) is 0 Å². The quantitative estimate of drug-likeness (QED) is 0.242. The number of rotatable bonds is 2. The highest BCUT2D eigenvalue weighted by atomic mass is 16.1. The Morgan fingerprint density at radius 3 is 2.00 bits per heavy atom. The highest BCUT2D eigenvalue weighted by Crippen LogP contribution is 1.71. The fraction of sp³-hybridized carbons (Fsp3) is 0.250. The molecular weight excluding hydrogens is 106 g/mol. The highest BCUT2D eigenvalue weighted by Gasteiger charge is 1.80. The average molecular weight is 117 g/mol. The van der Waals surface area contributed by atoms with E-state index in [0.29, 0.717) is 0 Å². The molecule has 0 aromatic carbocycles. The summed E-state index contributed by atoms with van der Waals surface area (Å²) in [5, 5.41) is 0. The third kappa shape index (κ3) is 19.3. The van der Waals surface area contributed by atoms with Gasteiger partial charge < -0.3 is 5.73 Å². The van der Waals surface area contributed by atoms with E-state index in [9.17, 15) is 4.79 Å². The van der Waals surface area contributed by atoms with Gasteiger partial charge >= 0.3 is 0 Å². The summed E-state index contributed by atoms with van der Waals surface area (Å²) in [6.07, 6.45) is 1.75. The zero-order chi connectivity index (χ0) is 6.99. The first-order valence-corrected chi connectivity index (χ1v) is 2.00. The molecule has 0 radical (unpaired) electrons. The Kier molecular flexibility index (Phi) is 12.0. The van der Waals surface area contributed by atoms with Gasteiger partial charge in [-0.25, -0.2) is 0 Å². The van der Waals surface area contributed by atoms with Crippen molar-refractivity contribution in [2.75, 3.05) is 0 Å². The molecule has 0 atom stereocenters. The van der Waals surface area contributed by atoms with E-state index in [0.717, 1.165) is 0 Å². The smallest absolute Gasteiger partial charge is 0.221 e. The van der Waals surface area contributed by atoms with E-state index < -0.39 is 0 Å². The molecule has 0 aliphatic heterocycles. The van der Waals surface area contributed by atoms with Crippen LogP contribution in [0.1, 0.15) is 6.42 Å². The molecule has 0 spiro atoms. The standard InChI is InChI=1S/C4H7NO.H4N2/c1-2-3-4(5)6;1-2/h2H,1,3H2,(H2,5,6);1-2H2. The van der Waals surface area contributed by atoms with Gasteiger partial charge in [-0.3, -0.25) is 16.5 Å². The predicted octanol–water partition coefficient (Wildman–Crippen LogP) is -1.13. The van der Waals surface area contributed by atoms with Crippen molar-refractivity contribution in [3.63, 3.8) is 0 Å². The van der Waals surface area contributed by atoms with Crippen LogP contribution in [-0.2, 0) is 4.79 Å². The first-order chi connectivity index (χ1) is 3.77. The van der Waals surface area contributed by atoms with Crippen molar-refractivity contribution in [1.29, 1.82) is 0 Å². The van der Waals surface area contributed by atoms with Gasteiger partial charge in [0.25, 0.3) is 0 Å². The van der Waals surface area contributed by atoms with E-state index in [1.807, 2.05) is 0 Å². The van der Waals surface area contributed by atoms with Crippen molar-refractivity contribution in [3.05, 3.63) is 12.7 Å². The first-order valence-electron chi connectivity index (χ1n) is 2.00. The van der Waals surface area contributed by atoms with Crippen LogP contribution in [0.4, 0.5) is 0 Å². The minimum Gasteiger partial charge on any atom is -0.369 e. The molecule has 48 valence electrons. The lowest BCUT2D eigenvalue weighted by atomic mass is 10.4. The van der Waals surface area contributed by atoms with Gasteiger partial charge in [-0.1, -0.05) is 6.08 Å². The fourth-order valence-electron chi connectivity index (χ4n) is 0.142. The molecule has 0 fully saturated rings. The molecule has 0 unspecified atom stereocenters. The summed E-state index contributed by atoms with van der Waals surface area (Å²) in [6, 6.07) is 0. The molecule has 0 bridgehead atoms. The monoisotopic (exact) mass is 117 g/mol. The van der Waals surface area contributed by atoms with Gasteiger partial charge in [0.1, 0.15) is 0 Å². The number of hydrogen-bond donors (Lipinski definition) is 3. The number of hydrogen-bond acceptors (Lipinski definition) is 3. The van der Waals surface area contributed by atoms with Crippen molar-refractivity contribution >= 4 is 5.91 Å². The maximum Gasteiger partial charge on any atom is 0.221 e. The fourth-order valence-corrected chi connectivity index (χ4v) is 0.142. The minimum absolute atomic E-state index is 0.278. The lowest BCUT2D eigenvalue weighted by Gasteiger charge is -1.76. The number of amides is 1. The Bertz CT molecular complexity index is 71.7. The van der Waals surface area contributed by atoms with Crippen LogP contribution in [0.15, 0.2) is 12.7 Å². The van der Waals surface area contributed by atoms with Gasteiger partial charge in [-0.2, -0.15) is 0 Å². The first kappa shape index (κ1) is 10.2. The van der Waals surface area contributed by atoms with Crippen LogP contribution < -0.4 is 17.4 Å². The minimum atomic E-state index is -0.329. The van der Waals surface area contributed by atoms with Gasteiger partial charge in [-0.15, -0.1) is 6.58 Å². The molecule has 0 aromatic heterocycles. The van der Waals surface area contributed by atoms with Crippen LogP contribution in [0.3, 0.4) is 0 Å². The molecule has 1 amide bonds.